The molecule has 1 fully saturated rings. The number of carbonyl (C=O) groups excluding carboxylic acids is 1. The molecule has 1 saturated carbocycles. The zero-order chi connectivity index (χ0) is 25.6. The number of amides is 1. The number of pyridine rings is 1. The van der Waals surface area contributed by atoms with Crippen molar-refractivity contribution in [1.29, 1.82) is 0 Å². The van der Waals surface area contributed by atoms with Gasteiger partial charge in [-0.25, -0.2) is 22.8 Å². The van der Waals surface area contributed by atoms with E-state index < -0.39 is 27.5 Å². The third kappa shape index (κ3) is 5.12. The van der Waals surface area contributed by atoms with Crippen molar-refractivity contribution in [3.63, 3.8) is 0 Å². The van der Waals surface area contributed by atoms with Crippen LogP contribution < -0.4 is 9.46 Å². The number of nitrogens with one attached hydrogen (secondary N) is 1. The summed E-state index contributed by atoms with van der Waals surface area (Å²) >= 11 is 6.11. The summed E-state index contributed by atoms with van der Waals surface area (Å²) < 4.78 is 73.9. The molecule has 1 aliphatic rings. The van der Waals surface area contributed by atoms with Gasteiger partial charge in [-0.05, 0) is 38.3 Å². The van der Waals surface area contributed by atoms with Gasteiger partial charge in [-0.15, -0.1) is 5.10 Å². The smallest absolute Gasteiger partial charge is 0.394 e. The molecule has 1 aliphatic carbocycles. The third-order valence-corrected chi connectivity index (χ3v) is 7.37. The average molecular weight is 533 g/mol. The molecule has 0 bridgehead atoms. The van der Waals surface area contributed by atoms with Gasteiger partial charge in [-0.1, -0.05) is 11.6 Å². The fraction of sp³-hybridized carbons (Fsp3) is 0.400. The molecule has 35 heavy (non-hydrogen) atoms. The molecule has 10 nitrogen and oxygen atoms in total. The van der Waals surface area contributed by atoms with Gasteiger partial charge in [0.05, 0.1) is 23.3 Å². The van der Waals surface area contributed by atoms with E-state index in [1.807, 2.05) is 4.72 Å². The Morgan fingerprint density at radius 3 is 2.54 bits per heavy atom. The molecule has 4 rings (SSSR count). The van der Waals surface area contributed by atoms with E-state index in [1.54, 1.807) is 7.05 Å². The quantitative estimate of drug-likeness (QED) is 0.442. The van der Waals surface area contributed by atoms with Crippen LogP contribution in [0.5, 0.6) is 5.88 Å². The molecule has 3 aromatic heterocycles. The largest absolute Gasteiger partial charge is 0.477 e. The highest BCUT2D eigenvalue weighted by Gasteiger charge is 2.62. The highest BCUT2D eigenvalue weighted by atomic mass is 35.5. The van der Waals surface area contributed by atoms with E-state index in [0.717, 1.165) is 0 Å². The van der Waals surface area contributed by atoms with Crippen molar-refractivity contribution in [1.82, 2.24) is 29.3 Å². The minimum atomic E-state index is -4.25. The number of aromatic nitrogens is 5. The molecule has 0 aromatic carbocycles. The Balaban J connectivity index is 1.42. The van der Waals surface area contributed by atoms with Gasteiger partial charge in [-0.3, -0.25) is 9.48 Å². The first kappa shape index (κ1) is 25.0. The Hall–Kier alpha value is -3.13. The van der Waals surface area contributed by atoms with Gasteiger partial charge in [0.2, 0.25) is 5.88 Å². The molecule has 3 heterocycles. The third-order valence-electron chi connectivity index (χ3n) is 5.65. The molecular weight excluding hydrogens is 513 g/mol. The summed E-state index contributed by atoms with van der Waals surface area (Å²) in [5, 5.41) is 7.76. The zero-order valence-corrected chi connectivity index (χ0v) is 20.1. The molecule has 1 N–H and O–H groups in total. The Bertz CT molecular complexity index is 1380. The zero-order valence-electron chi connectivity index (χ0n) is 18.5. The maximum absolute atomic E-state index is 13.0. The summed E-state index contributed by atoms with van der Waals surface area (Å²) in [5.41, 5.74) is -1.63. The second-order valence-corrected chi connectivity index (χ2v) is 10.2. The lowest BCUT2D eigenvalue weighted by molar-refractivity contribution is -0.190. The van der Waals surface area contributed by atoms with Gasteiger partial charge >= 0.3 is 6.18 Å². The van der Waals surface area contributed by atoms with E-state index in [9.17, 15) is 26.4 Å². The maximum Gasteiger partial charge on any atom is 0.394 e. The van der Waals surface area contributed by atoms with Gasteiger partial charge in [0.15, 0.2) is 5.82 Å². The van der Waals surface area contributed by atoms with E-state index in [0.29, 0.717) is 0 Å². The Kier molecular flexibility index (Phi) is 6.30. The molecule has 3 aromatic rings. The molecule has 0 unspecified atom stereocenters. The maximum atomic E-state index is 13.0. The summed E-state index contributed by atoms with van der Waals surface area (Å²) in [6, 6.07) is 4.10. The minimum Gasteiger partial charge on any atom is -0.477 e. The number of hydrogen-bond acceptors (Lipinski definition) is 7. The highest BCUT2D eigenvalue weighted by Crippen LogP contribution is 2.59. The molecule has 188 valence electrons. The van der Waals surface area contributed by atoms with Crippen molar-refractivity contribution in [3.05, 3.63) is 47.0 Å². The molecule has 0 radical (unpaired) electrons. The predicted octanol–water partition coefficient (Wildman–Crippen LogP) is 3.19. The number of alkyl halides is 3. The lowest BCUT2D eigenvalue weighted by atomic mass is 10.0. The number of rotatable bonds is 8. The second kappa shape index (κ2) is 8.82. The van der Waals surface area contributed by atoms with Crippen molar-refractivity contribution in [3.8, 4) is 11.7 Å². The summed E-state index contributed by atoms with van der Waals surface area (Å²) in [4.78, 5) is 16.4. The van der Waals surface area contributed by atoms with E-state index in [-0.39, 0.29) is 58.9 Å². The Labute approximate surface area is 203 Å². The molecular formula is C20H20ClF3N6O4S. The molecule has 0 aliphatic heterocycles. The van der Waals surface area contributed by atoms with Crippen molar-refractivity contribution in [2.75, 3.05) is 6.61 Å². The van der Waals surface area contributed by atoms with E-state index in [2.05, 4.69) is 15.2 Å². The van der Waals surface area contributed by atoms with E-state index in [1.165, 1.54) is 46.9 Å². The van der Waals surface area contributed by atoms with Crippen LogP contribution in [0.1, 0.15) is 35.3 Å². The van der Waals surface area contributed by atoms with Crippen molar-refractivity contribution in [2.45, 2.75) is 37.3 Å². The van der Waals surface area contributed by atoms with Crippen molar-refractivity contribution < 1.29 is 31.1 Å². The van der Waals surface area contributed by atoms with Crippen LogP contribution in [0.3, 0.4) is 0 Å². The van der Waals surface area contributed by atoms with Crippen LogP contribution in [0.25, 0.3) is 5.82 Å². The van der Waals surface area contributed by atoms with Crippen molar-refractivity contribution >= 4 is 27.5 Å². The summed E-state index contributed by atoms with van der Waals surface area (Å²) in [6.07, 6.45) is -1.49. The lowest BCUT2D eigenvalue weighted by Crippen LogP contribution is -2.31. The van der Waals surface area contributed by atoms with E-state index >= 15 is 0 Å². The predicted molar refractivity (Wildman–Crippen MR) is 117 cm³/mol. The van der Waals surface area contributed by atoms with Gasteiger partial charge in [0.25, 0.3) is 15.9 Å². The first-order chi connectivity index (χ1) is 16.3. The number of nitrogens with zero attached hydrogens (tertiary/aromatic N) is 5. The van der Waals surface area contributed by atoms with Gasteiger partial charge in [0.1, 0.15) is 10.0 Å². The molecule has 15 heteroatoms. The van der Waals surface area contributed by atoms with Crippen LogP contribution in [0.2, 0.25) is 5.15 Å². The van der Waals surface area contributed by atoms with Gasteiger partial charge in [0, 0.05) is 25.5 Å². The monoisotopic (exact) mass is 532 g/mol. The SMILES string of the molecule is Cc1nn(C)cc1S(=O)(=O)NC(=O)c1ccc(-n2ccc(OCCC3(C(F)(F)F)CC3)n2)nc1Cl. The van der Waals surface area contributed by atoms with Crippen LogP contribution in [-0.4, -0.2) is 51.7 Å². The van der Waals surface area contributed by atoms with Crippen LogP contribution in [0, 0.1) is 12.3 Å². The van der Waals surface area contributed by atoms with E-state index in [4.69, 9.17) is 16.3 Å². The van der Waals surface area contributed by atoms with Crippen LogP contribution in [0.4, 0.5) is 13.2 Å². The molecule has 0 spiro atoms. The Morgan fingerprint density at radius 1 is 1.26 bits per heavy atom. The summed E-state index contributed by atoms with van der Waals surface area (Å²) in [6.45, 7) is 1.35. The van der Waals surface area contributed by atoms with Gasteiger partial charge in [-0.2, -0.15) is 18.3 Å². The number of aryl methyl sites for hydroxylation is 2. The first-order valence-corrected chi connectivity index (χ1v) is 12.2. The molecule has 0 saturated heterocycles. The second-order valence-electron chi connectivity index (χ2n) is 8.17. The first-order valence-electron chi connectivity index (χ1n) is 10.3. The molecule has 0 atom stereocenters. The number of ether oxygens (including phenoxy) is 1. The summed E-state index contributed by atoms with van der Waals surface area (Å²) in [5.74, 6) is -0.706. The minimum absolute atomic E-state index is 0.0970. The summed E-state index contributed by atoms with van der Waals surface area (Å²) in [7, 11) is -2.64. The highest BCUT2D eigenvalue weighted by molar-refractivity contribution is 7.90. The molecule has 1 amide bonds. The number of halogens is 4. The number of carbonyl (C=O) groups is 1. The normalized spacial score (nSPS) is 15.1. The average Bonchev–Trinajstić information content (AvgIpc) is 3.27. The Morgan fingerprint density at radius 2 is 1.97 bits per heavy atom. The van der Waals surface area contributed by atoms with Gasteiger partial charge < -0.3 is 4.74 Å². The fourth-order valence-corrected chi connectivity index (χ4v) is 4.90. The topological polar surface area (TPSA) is 121 Å². The van der Waals surface area contributed by atoms with Crippen molar-refractivity contribution in [2.24, 2.45) is 12.5 Å². The fourth-order valence-electron chi connectivity index (χ4n) is 3.48. The van der Waals surface area contributed by atoms with Crippen LogP contribution >= 0.6 is 11.6 Å². The lowest BCUT2D eigenvalue weighted by Gasteiger charge is -2.18. The number of sulfonamides is 1. The standard InChI is InChI=1S/C20H20ClF3N6O4S/c1-12-14(11-29(2)26-12)35(32,33)28-18(31)13-3-4-15(25-17(13)21)30-9-5-16(27-30)34-10-8-19(6-7-19)20(22,23)24/h3-5,9,11H,6-8,10H2,1-2H3,(H,28,31). The van der Waals surface area contributed by atoms with Crippen LogP contribution in [-0.2, 0) is 17.1 Å². The van der Waals surface area contributed by atoms with Crippen LogP contribution in [0.15, 0.2) is 35.5 Å². The number of hydrogen-bond donors (Lipinski definition) is 1.